The number of carboxylic acids is 1. The van der Waals surface area contributed by atoms with Crippen LogP contribution in [0.4, 0.5) is 0 Å². The van der Waals surface area contributed by atoms with E-state index >= 15 is 0 Å². The van der Waals surface area contributed by atoms with Crippen LogP contribution in [0.5, 0.6) is 0 Å². The lowest BCUT2D eigenvalue weighted by Gasteiger charge is -2.35. The Bertz CT molecular complexity index is 317. The third-order valence-corrected chi connectivity index (χ3v) is 3.86. The summed E-state index contributed by atoms with van der Waals surface area (Å²) in [6, 6.07) is 0.0374. The van der Waals surface area contributed by atoms with Crippen LogP contribution in [0.3, 0.4) is 0 Å². The fraction of sp³-hybridized carbons (Fsp3) is 0.857. The van der Waals surface area contributed by atoms with Crippen LogP contribution in [0.15, 0.2) is 0 Å². The van der Waals surface area contributed by atoms with Gasteiger partial charge in [-0.15, -0.1) is 0 Å². The summed E-state index contributed by atoms with van der Waals surface area (Å²) in [5, 5.41) is 18.1. The Labute approximate surface area is 114 Å². The monoisotopic (exact) mass is 271 g/mol. The summed E-state index contributed by atoms with van der Waals surface area (Å²) in [5.41, 5.74) is 0. The van der Waals surface area contributed by atoms with E-state index in [4.69, 9.17) is 5.11 Å². The third kappa shape index (κ3) is 4.20. The predicted octanol–water partition coefficient (Wildman–Crippen LogP) is 1.50. The van der Waals surface area contributed by atoms with Gasteiger partial charge in [0.2, 0.25) is 5.91 Å². The molecule has 2 atom stereocenters. The molecule has 5 nitrogen and oxygen atoms in total. The van der Waals surface area contributed by atoms with Gasteiger partial charge in [-0.3, -0.25) is 9.59 Å². The largest absolute Gasteiger partial charge is 0.481 e. The predicted molar refractivity (Wildman–Crippen MR) is 71.6 cm³/mol. The van der Waals surface area contributed by atoms with Crippen molar-refractivity contribution in [2.75, 3.05) is 13.2 Å². The number of aliphatic carboxylic acids is 1. The van der Waals surface area contributed by atoms with Crippen LogP contribution in [0, 0.1) is 11.8 Å². The lowest BCUT2D eigenvalue weighted by Crippen LogP contribution is -2.46. The number of aliphatic hydroxyl groups is 1. The number of aliphatic hydroxyl groups excluding tert-OH is 1. The molecule has 1 amide bonds. The van der Waals surface area contributed by atoms with E-state index < -0.39 is 17.8 Å². The molecule has 0 aliphatic heterocycles. The van der Waals surface area contributed by atoms with Crippen LogP contribution in [0.2, 0.25) is 0 Å². The third-order valence-electron chi connectivity index (χ3n) is 3.86. The topological polar surface area (TPSA) is 77.8 Å². The summed E-state index contributed by atoms with van der Waals surface area (Å²) >= 11 is 0. The standard InChI is InChI=1S/C14H25NO4/c1-10(2)15(8-5-9-16)13(17)11-6-3-4-7-12(11)14(18)19/h10-12,16H,3-9H2,1-2H3,(H,18,19). The van der Waals surface area contributed by atoms with Crippen molar-refractivity contribution in [1.82, 2.24) is 4.90 Å². The lowest BCUT2D eigenvalue weighted by atomic mass is 9.78. The number of carbonyl (C=O) groups excluding carboxylic acids is 1. The average molecular weight is 271 g/mol. The highest BCUT2D eigenvalue weighted by molar-refractivity contribution is 5.85. The molecule has 0 aromatic rings. The van der Waals surface area contributed by atoms with Crippen molar-refractivity contribution in [2.45, 2.75) is 52.0 Å². The summed E-state index contributed by atoms with van der Waals surface area (Å²) in [6.07, 6.45) is 3.61. The van der Waals surface area contributed by atoms with Gasteiger partial charge >= 0.3 is 5.97 Å². The molecule has 0 aromatic carbocycles. The molecule has 110 valence electrons. The second-order valence-electron chi connectivity index (χ2n) is 5.54. The minimum atomic E-state index is -0.857. The number of amides is 1. The second-order valence-corrected chi connectivity index (χ2v) is 5.54. The Morgan fingerprint density at radius 3 is 2.26 bits per heavy atom. The molecule has 0 saturated heterocycles. The summed E-state index contributed by atoms with van der Waals surface area (Å²) in [4.78, 5) is 25.5. The zero-order valence-corrected chi connectivity index (χ0v) is 11.8. The Balaban J connectivity index is 2.78. The molecule has 1 rings (SSSR count). The maximum atomic E-state index is 12.5. The smallest absolute Gasteiger partial charge is 0.307 e. The number of nitrogens with zero attached hydrogens (tertiary/aromatic N) is 1. The maximum Gasteiger partial charge on any atom is 0.307 e. The molecule has 0 heterocycles. The SMILES string of the molecule is CC(C)N(CCCO)C(=O)C1CCCCC1C(=O)O. The van der Waals surface area contributed by atoms with Gasteiger partial charge in [-0.05, 0) is 33.1 Å². The van der Waals surface area contributed by atoms with E-state index in [-0.39, 0.29) is 18.6 Å². The number of carboxylic acid groups (broad SMARTS) is 1. The van der Waals surface area contributed by atoms with Gasteiger partial charge in [-0.25, -0.2) is 0 Å². The first-order valence-corrected chi connectivity index (χ1v) is 7.13. The Kier molecular flexibility index (Phi) is 6.28. The van der Waals surface area contributed by atoms with Gasteiger partial charge in [-0.2, -0.15) is 0 Å². The summed E-state index contributed by atoms with van der Waals surface area (Å²) in [5.74, 6) is -1.86. The van der Waals surface area contributed by atoms with E-state index in [2.05, 4.69) is 0 Å². The minimum Gasteiger partial charge on any atom is -0.481 e. The molecule has 2 N–H and O–H groups in total. The molecule has 1 aliphatic carbocycles. The van der Waals surface area contributed by atoms with Crippen LogP contribution in [-0.4, -0.2) is 46.2 Å². The number of rotatable bonds is 6. The molecule has 1 aliphatic rings. The second kappa shape index (κ2) is 7.48. The molecular formula is C14H25NO4. The van der Waals surface area contributed by atoms with E-state index in [9.17, 15) is 14.7 Å². The quantitative estimate of drug-likeness (QED) is 0.767. The molecule has 0 aromatic heterocycles. The van der Waals surface area contributed by atoms with Gasteiger partial charge < -0.3 is 15.1 Å². The van der Waals surface area contributed by atoms with Crippen LogP contribution in [0.1, 0.15) is 46.0 Å². The lowest BCUT2D eigenvalue weighted by molar-refractivity contribution is -0.153. The number of hydrogen-bond donors (Lipinski definition) is 2. The summed E-state index contributed by atoms with van der Waals surface area (Å²) in [6.45, 7) is 4.39. The highest BCUT2D eigenvalue weighted by Gasteiger charge is 2.38. The fourth-order valence-corrected chi connectivity index (χ4v) is 2.80. The van der Waals surface area contributed by atoms with Crippen LogP contribution in [-0.2, 0) is 9.59 Å². The van der Waals surface area contributed by atoms with E-state index in [0.29, 0.717) is 25.8 Å². The molecule has 0 spiro atoms. The van der Waals surface area contributed by atoms with Crippen molar-refractivity contribution in [3.8, 4) is 0 Å². The molecule has 19 heavy (non-hydrogen) atoms. The first-order chi connectivity index (χ1) is 8.99. The molecular weight excluding hydrogens is 246 g/mol. The molecule has 0 bridgehead atoms. The average Bonchev–Trinajstić information content (AvgIpc) is 2.38. The van der Waals surface area contributed by atoms with Crippen molar-refractivity contribution in [3.63, 3.8) is 0 Å². The molecule has 1 saturated carbocycles. The summed E-state index contributed by atoms with van der Waals surface area (Å²) in [7, 11) is 0. The zero-order valence-electron chi connectivity index (χ0n) is 11.8. The van der Waals surface area contributed by atoms with Gasteiger partial charge in [0.05, 0.1) is 11.8 Å². The fourth-order valence-electron chi connectivity index (χ4n) is 2.80. The highest BCUT2D eigenvalue weighted by atomic mass is 16.4. The number of hydrogen-bond acceptors (Lipinski definition) is 3. The van der Waals surface area contributed by atoms with Gasteiger partial charge in [0.1, 0.15) is 0 Å². The van der Waals surface area contributed by atoms with Crippen LogP contribution >= 0.6 is 0 Å². The number of carbonyl (C=O) groups is 2. The van der Waals surface area contributed by atoms with Gasteiger partial charge in [0, 0.05) is 19.2 Å². The molecule has 0 radical (unpaired) electrons. The zero-order chi connectivity index (χ0) is 14.4. The maximum absolute atomic E-state index is 12.5. The first-order valence-electron chi connectivity index (χ1n) is 7.13. The van der Waals surface area contributed by atoms with Gasteiger partial charge in [-0.1, -0.05) is 12.8 Å². The Morgan fingerprint density at radius 2 is 1.79 bits per heavy atom. The van der Waals surface area contributed by atoms with Crippen molar-refractivity contribution >= 4 is 11.9 Å². The molecule has 1 fully saturated rings. The van der Waals surface area contributed by atoms with E-state index in [1.165, 1.54) is 0 Å². The van der Waals surface area contributed by atoms with Gasteiger partial charge in [0.15, 0.2) is 0 Å². The highest BCUT2D eigenvalue weighted by Crippen LogP contribution is 2.32. The van der Waals surface area contributed by atoms with E-state index in [1.54, 1.807) is 4.90 Å². The van der Waals surface area contributed by atoms with Crippen molar-refractivity contribution < 1.29 is 19.8 Å². The Morgan fingerprint density at radius 1 is 1.21 bits per heavy atom. The van der Waals surface area contributed by atoms with Crippen molar-refractivity contribution in [1.29, 1.82) is 0 Å². The Hall–Kier alpha value is -1.10. The normalized spacial score (nSPS) is 23.4. The van der Waals surface area contributed by atoms with E-state index in [1.807, 2.05) is 13.8 Å². The van der Waals surface area contributed by atoms with Crippen LogP contribution in [0.25, 0.3) is 0 Å². The minimum absolute atomic E-state index is 0.0374. The van der Waals surface area contributed by atoms with Crippen molar-refractivity contribution in [2.24, 2.45) is 11.8 Å². The molecule has 5 heteroatoms. The van der Waals surface area contributed by atoms with E-state index in [0.717, 1.165) is 12.8 Å². The summed E-state index contributed by atoms with van der Waals surface area (Å²) < 4.78 is 0. The first kappa shape index (κ1) is 16.0. The van der Waals surface area contributed by atoms with Gasteiger partial charge in [0.25, 0.3) is 0 Å². The van der Waals surface area contributed by atoms with Crippen molar-refractivity contribution in [3.05, 3.63) is 0 Å². The van der Waals surface area contributed by atoms with Crippen LogP contribution < -0.4 is 0 Å². The molecule has 2 unspecified atom stereocenters.